The first-order valence-corrected chi connectivity index (χ1v) is 16.2. The number of benzene rings is 4. The second-order valence-electron chi connectivity index (χ2n) is 10.9. The lowest BCUT2D eigenvalue weighted by Crippen LogP contribution is -2.29. The molecule has 7 rings (SSSR count). The third kappa shape index (κ3) is 11.3. The summed E-state index contributed by atoms with van der Waals surface area (Å²) in [4.78, 5) is 43.9. The molecule has 1 aliphatic heterocycles. The van der Waals surface area contributed by atoms with Crippen LogP contribution in [-0.4, -0.2) is 78.1 Å². The third-order valence-corrected chi connectivity index (χ3v) is 7.34. The maximum absolute atomic E-state index is 12.7. The second-order valence-corrected chi connectivity index (χ2v) is 10.9. The summed E-state index contributed by atoms with van der Waals surface area (Å²) in [5.74, 6) is -0.288. The Balaban J connectivity index is 0.000000289. The third-order valence-electron chi connectivity index (χ3n) is 7.34. The van der Waals surface area contributed by atoms with Gasteiger partial charge in [-0.1, -0.05) is 110 Å². The van der Waals surface area contributed by atoms with E-state index in [9.17, 15) is 19.2 Å². The molecule has 1 atom stereocenters. The molecule has 54 heavy (non-hydrogen) atoms. The van der Waals surface area contributed by atoms with Crippen molar-refractivity contribution in [2.45, 2.75) is 55.0 Å². The smallest absolute Gasteiger partial charge is 0.338 e. The molecule has 6 aromatic rings. The summed E-state index contributed by atoms with van der Waals surface area (Å²) >= 11 is 0. The first-order valence-electron chi connectivity index (χ1n) is 16.2. The number of aromatic amines is 1. The van der Waals surface area contributed by atoms with E-state index in [1.54, 1.807) is 18.5 Å². The van der Waals surface area contributed by atoms with Gasteiger partial charge < -0.3 is 20.5 Å². The number of carbonyl (C=O) groups is 4. The number of nitrogens with zero attached hydrogens (tertiary/aromatic N) is 7. The van der Waals surface area contributed by atoms with Gasteiger partial charge in [0.15, 0.2) is 6.29 Å². The number of esters is 2. The van der Waals surface area contributed by atoms with Gasteiger partial charge in [0.25, 0.3) is 5.95 Å². The van der Waals surface area contributed by atoms with Crippen molar-refractivity contribution in [3.05, 3.63) is 107 Å². The number of rotatable bonds is 7. The molecular formula is C38H46N10O6. The van der Waals surface area contributed by atoms with E-state index in [4.69, 9.17) is 10.5 Å². The van der Waals surface area contributed by atoms with E-state index in [1.165, 1.54) is 6.92 Å². The van der Waals surface area contributed by atoms with Crippen molar-refractivity contribution in [2.75, 3.05) is 24.3 Å². The van der Waals surface area contributed by atoms with Crippen LogP contribution in [0.4, 0.5) is 11.9 Å². The Morgan fingerprint density at radius 3 is 2.04 bits per heavy atom. The molecule has 2 aromatic heterocycles. The number of tetrazole rings is 2. The van der Waals surface area contributed by atoms with E-state index in [0.717, 1.165) is 39.0 Å². The average molecular weight is 739 g/mol. The molecule has 0 bridgehead atoms. The number of ether oxygens (including phenoxy) is 2. The van der Waals surface area contributed by atoms with Crippen molar-refractivity contribution in [2.24, 2.45) is 0 Å². The van der Waals surface area contributed by atoms with Crippen LogP contribution >= 0.6 is 0 Å². The summed E-state index contributed by atoms with van der Waals surface area (Å²) in [6.45, 7) is 7.34. The van der Waals surface area contributed by atoms with Gasteiger partial charge in [-0.3, -0.25) is 14.4 Å². The normalized spacial score (nSPS) is 12.3. The number of nitrogens with one attached hydrogen (secondary N) is 2. The maximum Gasteiger partial charge on any atom is 0.338 e. The van der Waals surface area contributed by atoms with Crippen LogP contribution in [0.1, 0.15) is 70.9 Å². The molecule has 0 spiro atoms. The van der Waals surface area contributed by atoms with Crippen molar-refractivity contribution in [1.29, 1.82) is 0 Å². The van der Waals surface area contributed by atoms with Crippen LogP contribution in [0.15, 0.2) is 96.2 Å². The summed E-state index contributed by atoms with van der Waals surface area (Å²) in [6.07, 6.45) is 0.788. The molecule has 4 aromatic carbocycles. The summed E-state index contributed by atoms with van der Waals surface area (Å²) in [5, 5.41) is 31.3. The number of nitrogens with two attached hydrogens (primary N) is 1. The first kappa shape index (κ1) is 43.3. The first-order chi connectivity index (χ1) is 25.2. The quantitative estimate of drug-likeness (QED) is 0.0984. The Labute approximate surface area is 313 Å². The minimum atomic E-state index is -0.448. The number of fused-ring (bicyclic) bond motifs is 3. The minimum absolute atomic E-state index is 0. The number of H-pyrrole nitrogens is 1. The lowest BCUT2D eigenvalue weighted by Gasteiger charge is -2.28. The van der Waals surface area contributed by atoms with Gasteiger partial charge in [0.05, 0.1) is 18.8 Å². The zero-order chi connectivity index (χ0) is 37.5. The zero-order valence-corrected chi connectivity index (χ0v) is 29.0. The Morgan fingerprint density at radius 2 is 1.46 bits per heavy atom. The predicted molar refractivity (Wildman–Crippen MR) is 206 cm³/mol. The Bertz CT molecular complexity index is 2150. The molecule has 0 fully saturated rings. The highest BCUT2D eigenvalue weighted by Crippen LogP contribution is 2.37. The molecule has 0 saturated heterocycles. The molecule has 0 saturated carbocycles. The SMILES string of the molecule is C.C.CCOC(=O)C1=C(C)Nc2nnnn2C1c1cccc2ccccc12.CCOC(=O)CC(C)=O.Nc1nn[nH]n1.O=Cc1cccc2ccccc12. The van der Waals surface area contributed by atoms with Crippen LogP contribution in [0, 0.1) is 0 Å². The van der Waals surface area contributed by atoms with Gasteiger partial charge in [0.2, 0.25) is 5.95 Å². The highest BCUT2D eigenvalue weighted by atomic mass is 16.5. The van der Waals surface area contributed by atoms with Crippen molar-refractivity contribution in [1.82, 2.24) is 40.8 Å². The number of allylic oxidation sites excluding steroid dienone is 1. The molecule has 0 aliphatic carbocycles. The van der Waals surface area contributed by atoms with Crippen molar-refractivity contribution in [3.8, 4) is 0 Å². The number of Topliss-reactive ketones (excluding diaryl/α,β-unsaturated/α-hetero) is 1. The topological polar surface area (TPSA) is 223 Å². The number of aromatic nitrogens is 8. The lowest BCUT2D eigenvalue weighted by molar-refractivity contribution is -0.145. The van der Waals surface area contributed by atoms with E-state index in [1.807, 2.05) is 91.9 Å². The second kappa shape index (κ2) is 21.5. The van der Waals surface area contributed by atoms with Crippen LogP contribution in [0.5, 0.6) is 0 Å². The molecule has 3 heterocycles. The summed E-state index contributed by atoms with van der Waals surface area (Å²) in [5.41, 5.74) is 7.88. The molecule has 4 N–H and O–H groups in total. The van der Waals surface area contributed by atoms with Crippen LogP contribution < -0.4 is 11.1 Å². The Hall–Kier alpha value is -6.84. The molecule has 284 valence electrons. The van der Waals surface area contributed by atoms with Gasteiger partial charge in [-0.25, -0.2) is 4.79 Å². The number of anilines is 2. The number of carbonyl (C=O) groups excluding carboxylic acids is 4. The van der Waals surface area contributed by atoms with Gasteiger partial charge in [-0.2, -0.15) is 9.90 Å². The molecule has 0 radical (unpaired) electrons. The monoisotopic (exact) mass is 738 g/mol. The lowest BCUT2D eigenvalue weighted by atomic mass is 9.91. The largest absolute Gasteiger partial charge is 0.466 e. The summed E-state index contributed by atoms with van der Waals surface area (Å²) in [6, 6.07) is 27.2. The molecule has 1 aliphatic rings. The van der Waals surface area contributed by atoms with Gasteiger partial charge >= 0.3 is 11.9 Å². The minimum Gasteiger partial charge on any atom is -0.466 e. The zero-order valence-electron chi connectivity index (χ0n) is 29.0. The van der Waals surface area contributed by atoms with Gasteiger partial charge in [-0.05, 0) is 70.4 Å². The van der Waals surface area contributed by atoms with Crippen molar-refractivity contribution >= 4 is 57.4 Å². The average Bonchev–Trinajstić information content (AvgIpc) is 3.82. The van der Waals surface area contributed by atoms with Crippen molar-refractivity contribution < 1.29 is 28.7 Å². The van der Waals surface area contributed by atoms with E-state index in [-0.39, 0.29) is 39.0 Å². The molecule has 0 amide bonds. The summed E-state index contributed by atoms with van der Waals surface area (Å²) in [7, 11) is 0. The van der Waals surface area contributed by atoms with Gasteiger partial charge in [-0.15, -0.1) is 5.10 Å². The van der Waals surface area contributed by atoms with E-state index in [0.29, 0.717) is 30.4 Å². The van der Waals surface area contributed by atoms with Crippen molar-refractivity contribution in [3.63, 3.8) is 0 Å². The van der Waals surface area contributed by atoms with Crippen LogP contribution in [0.25, 0.3) is 21.5 Å². The molecule has 1 unspecified atom stereocenters. The van der Waals surface area contributed by atoms with Gasteiger partial charge in [0.1, 0.15) is 18.2 Å². The van der Waals surface area contributed by atoms with Crippen LogP contribution in [0.3, 0.4) is 0 Å². The van der Waals surface area contributed by atoms with Crippen LogP contribution in [0.2, 0.25) is 0 Å². The number of nitrogen functional groups attached to an aromatic ring is 1. The number of aldehydes is 1. The maximum atomic E-state index is 12.7. The highest BCUT2D eigenvalue weighted by Gasteiger charge is 2.35. The number of hydrogen-bond donors (Lipinski definition) is 3. The Kier molecular flexibility index (Phi) is 17.3. The highest BCUT2D eigenvalue weighted by molar-refractivity contribution is 5.98. The number of hydrogen-bond acceptors (Lipinski definition) is 14. The fraction of sp³-hybridized carbons (Fsp3) is 0.263. The number of ketones is 1. The van der Waals surface area contributed by atoms with E-state index >= 15 is 0 Å². The molecular weight excluding hydrogens is 692 g/mol. The Morgan fingerprint density at radius 1 is 0.852 bits per heavy atom. The summed E-state index contributed by atoms with van der Waals surface area (Å²) < 4.78 is 11.4. The fourth-order valence-electron chi connectivity index (χ4n) is 5.20. The predicted octanol–water partition coefficient (Wildman–Crippen LogP) is 5.91. The van der Waals surface area contributed by atoms with E-state index in [2.05, 4.69) is 46.2 Å². The van der Waals surface area contributed by atoms with Gasteiger partial charge in [0, 0.05) is 11.3 Å². The standard InChI is InChI=1S/C18H17N5O2.C11H8O.C6H10O3.CH3N5.2CH4/c1-3-25-17(24)15-11(2)19-18-20-21-22-23(18)16(15)14-10-6-8-12-7-4-5-9-13(12)14;12-8-10-6-3-5-9-4-1-2-7-11(9)10;1-3-9-6(8)4-5(2)7;2-1-3-5-6-4-1;;/h4-10,16H,3H2,1-2H3,(H,19,20,22);1-8H;3-4H2,1-2H3;(H3,2,3,4,5,6);2*1H4. The van der Waals surface area contributed by atoms with Crippen LogP contribution in [-0.2, 0) is 23.9 Å². The van der Waals surface area contributed by atoms with E-state index < -0.39 is 12.0 Å². The molecule has 16 nitrogen and oxygen atoms in total. The molecule has 16 heteroatoms. The fourth-order valence-corrected chi connectivity index (χ4v) is 5.20.